The molecule has 0 aliphatic carbocycles. The van der Waals surface area contributed by atoms with Crippen molar-refractivity contribution < 1.29 is 4.92 Å². The summed E-state index contributed by atoms with van der Waals surface area (Å²) in [7, 11) is 0. The minimum atomic E-state index is -0.582. The van der Waals surface area contributed by atoms with Gasteiger partial charge in [-0.2, -0.15) is 0 Å². The second kappa shape index (κ2) is 7.74. The summed E-state index contributed by atoms with van der Waals surface area (Å²) in [6.45, 7) is 0. The summed E-state index contributed by atoms with van der Waals surface area (Å²) in [5.74, 6) is 0.00996. The molecule has 0 aliphatic rings. The van der Waals surface area contributed by atoms with Gasteiger partial charge in [-0.05, 0) is 36.4 Å². The molecule has 0 fully saturated rings. The van der Waals surface area contributed by atoms with Crippen molar-refractivity contribution in [2.24, 2.45) is 0 Å². The van der Waals surface area contributed by atoms with E-state index < -0.39 is 4.92 Å². The van der Waals surface area contributed by atoms with E-state index in [0.29, 0.717) is 26.4 Å². The monoisotopic (exact) mass is 409 g/mol. The van der Waals surface area contributed by atoms with E-state index in [1.807, 2.05) is 0 Å². The first-order valence-electron chi connectivity index (χ1n) is 7.17. The lowest BCUT2D eigenvalue weighted by atomic mass is 10.3. The van der Waals surface area contributed by atoms with Gasteiger partial charge in [0.15, 0.2) is 0 Å². The third kappa shape index (κ3) is 4.32. The molecule has 2 aromatic carbocycles. The molecule has 10 heteroatoms. The molecule has 0 radical (unpaired) electrons. The van der Waals surface area contributed by atoms with Crippen molar-refractivity contribution in [3.63, 3.8) is 0 Å². The average molecular weight is 411 g/mol. The number of halogens is 3. The number of nitro groups is 1. The molecule has 26 heavy (non-hydrogen) atoms. The third-order valence-electron chi connectivity index (χ3n) is 3.22. The van der Waals surface area contributed by atoms with E-state index >= 15 is 0 Å². The Morgan fingerprint density at radius 3 is 2.00 bits per heavy atom. The molecule has 0 atom stereocenters. The average Bonchev–Trinajstić information content (AvgIpc) is 2.53. The second-order valence-corrected chi connectivity index (χ2v) is 6.40. The van der Waals surface area contributed by atoms with Crippen LogP contribution in [0.15, 0.2) is 48.8 Å². The Morgan fingerprint density at radius 1 is 0.846 bits per heavy atom. The summed E-state index contributed by atoms with van der Waals surface area (Å²) in [5.41, 5.74) is 0.678. The number of aromatic nitrogens is 2. The number of benzene rings is 2. The predicted octanol–water partition coefficient (Wildman–Crippen LogP) is 5.83. The summed E-state index contributed by atoms with van der Waals surface area (Å²) >= 11 is 17.9. The topological polar surface area (TPSA) is 93.0 Å². The molecule has 3 aromatic rings. The van der Waals surface area contributed by atoms with Crippen molar-refractivity contribution in [1.29, 1.82) is 0 Å². The number of hydrogen-bond acceptors (Lipinski definition) is 6. The van der Waals surface area contributed by atoms with Crippen LogP contribution in [0.1, 0.15) is 0 Å². The van der Waals surface area contributed by atoms with Crippen LogP contribution in [0, 0.1) is 10.1 Å². The molecule has 132 valence electrons. The number of rotatable bonds is 5. The van der Waals surface area contributed by atoms with Crippen molar-refractivity contribution in [2.75, 3.05) is 10.6 Å². The van der Waals surface area contributed by atoms with Gasteiger partial charge < -0.3 is 10.6 Å². The smallest absolute Gasteiger partial charge is 0.334 e. The zero-order valence-corrected chi connectivity index (χ0v) is 15.2. The molecule has 0 saturated heterocycles. The number of nitrogens with one attached hydrogen (secondary N) is 2. The Kier molecular flexibility index (Phi) is 5.41. The molecule has 3 rings (SSSR count). The van der Waals surface area contributed by atoms with Crippen molar-refractivity contribution >= 4 is 63.5 Å². The first kappa shape index (κ1) is 18.2. The molecular weight excluding hydrogens is 401 g/mol. The highest BCUT2D eigenvalue weighted by atomic mass is 35.5. The number of anilines is 4. The number of nitrogens with zero attached hydrogens (tertiary/aromatic N) is 3. The lowest BCUT2D eigenvalue weighted by Crippen LogP contribution is -2.05. The van der Waals surface area contributed by atoms with Gasteiger partial charge in [0.25, 0.3) is 0 Å². The van der Waals surface area contributed by atoms with Gasteiger partial charge in [-0.3, -0.25) is 10.1 Å². The fourth-order valence-corrected chi connectivity index (χ4v) is 2.92. The molecule has 1 aromatic heterocycles. The summed E-state index contributed by atoms with van der Waals surface area (Å²) in [5, 5.41) is 18.6. The molecule has 2 N–H and O–H groups in total. The summed E-state index contributed by atoms with van der Waals surface area (Å²) < 4.78 is 0. The minimum absolute atomic E-state index is 0.00661. The van der Waals surface area contributed by atoms with Crippen LogP contribution in [0.3, 0.4) is 0 Å². The largest absolute Gasteiger partial charge is 0.353 e. The Balaban J connectivity index is 1.99. The van der Waals surface area contributed by atoms with E-state index in [9.17, 15) is 10.1 Å². The molecular formula is C16H10Cl3N5O2. The van der Waals surface area contributed by atoms with E-state index in [1.165, 1.54) is 6.33 Å². The van der Waals surface area contributed by atoms with Crippen molar-refractivity contribution in [1.82, 2.24) is 9.97 Å². The van der Waals surface area contributed by atoms with Crippen LogP contribution < -0.4 is 10.6 Å². The van der Waals surface area contributed by atoms with Crippen LogP contribution >= 0.6 is 34.8 Å². The Morgan fingerprint density at radius 2 is 1.42 bits per heavy atom. The zero-order chi connectivity index (χ0) is 18.7. The standard InChI is InChI=1S/C16H10Cl3N5O2/c17-9-2-1-3-12(5-9)22-15-14(24(25)26)16(21-8-20-15)23-13-6-10(18)4-11(19)7-13/h1-8H,(H2,20,21,22,23). The quantitative estimate of drug-likeness (QED) is 0.406. The SMILES string of the molecule is O=[N+]([O-])c1c(Nc2cccc(Cl)c2)ncnc1Nc1cc(Cl)cc(Cl)c1. The third-order valence-corrected chi connectivity index (χ3v) is 3.89. The van der Waals surface area contributed by atoms with Crippen LogP contribution in [0.25, 0.3) is 0 Å². The molecule has 0 spiro atoms. The number of hydrogen-bond donors (Lipinski definition) is 2. The lowest BCUT2D eigenvalue weighted by molar-refractivity contribution is -0.383. The van der Waals surface area contributed by atoms with E-state index in [0.717, 1.165) is 0 Å². The highest BCUT2D eigenvalue weighted by Gasteiger charge is 2.23. The van der Waals surface area contributed by atoms with Crippen molar-refractivity contribution in [2.45, 2.75) is 0 Å². The normalized spacial score (nSPS) is 10.4. The molecule has 0 bridgehead atoms. The van der Waals surface area contributed by atoms with Crippen LogP contribution in [-0.4, -0.2) is 14.9 Å². The van der Waals surface area contributed by atoms with Crippen LogP contribution in [-0.2, 0) is 0 Å². The van der Waals surface area contributed by atoms with Gasteiger partial charge in [-0.1, -0.05) is 40.9 Å². The van der Waals surface area contributed by atoms with Gasteiger partial charge in [0.05, 0.1) is 4.92 Å². The van der Waals surface area contributed by atoms with Crippen molar-refractivity contribution in [3.05, 3.63) is 74.0 Å². The summed E-state index contributed by atoms with van der Waals surface area (Å²) in [4.78, 5) is 18.9. The first-order chi connectivity index (χ1) is 12.4. The van der Waals surface area contributed by atoms with E-state index in [4.69, 9.17) is 34.8 Å². The molecule has 1 heterocycles. The summed E-state index contributed by atoms with van der Waals surface area (Å²) in [6, 6.07) is 11.4. The first-order valence-corrected chi connectivity index (χ1v) is 8.31. The zero-order valence-electron chi connectivity index (χ0n) is 12.9. The van der Waals surface area contributed by atoms with Crippen LogP contribution in [0.5, 0.6) is 0 Å². The Bertz CT molecular complexity index is 964. The Hall–Kier alpha value is -2.61. The van der Waals surface area contributed by atoms with Gasteiger partial charge in [0.2, 0.25) is 11.6 Å². The Labute approximate surface area is 163 Å². The maximum atomic E-state index is 11.6. The van der Waals surface area contributed by atoms with E-state index in [-0.39, 0.29) is 17.3 Å². The van der Waals surface area contributed by atoms with Crippen LogP contribution in [0.2, 0.25) is 15.1 Å². The van der Waals surface area contributed by atoms with Crippen LogP contribution in [0.4, 0.5) is 28.7 Å². The molecule has 0 amide bonds. The molecule has 7 nitrogen and oxygen atoms in total. The van der Waals surface area contributed by atoms with Crippen molar-refractivity contribution in [3.8, 4) is 0 Å². The van der Waals surface area contributed by atoms with Gasteiger partial charge >= 0.3 is 5.69 Å². The molecule has 0 unspecified atom stereocenters. The maximum absolute atomic E-state index is 11.6. The lowest BCUT2D eigenvalue weighted by Gasteiger charge is -2.10. The summed E-state index contributed by atoms with van der Waals surface area (Å²) in [6.07, 6.45) is 1.20. The fourth-order valence-electron chi connectivity index (χ4n) is 2.20. The van der Waals surface area contributed by atoms with E-state index in [1.54, 1.807) is 42.5 Å². The second-order valence-electron chi connectivity index (χ2n) is 5.10. The highest BCUT2D eigenvalue weighted by Crippen LogP contribution is 2.34. The van der Waals surface area contributed by atoms with Gasteiger partial charge in [0, 0.05) is 26.4 Å². The fraction of sp³-hybridized carbons (Fsp3) is 0. The van der Waals surface area contributed by atoms with E-state index in [2.05, 4.69) is 20.6 Å². The molecule has 0 saturated carbocycles. The minimum Gasteiger partial charge on any atom is -0.334 e. The molecule has 0 aliphatic heterocycles. The van der Waals surface area contributed by atoms with Gasteiger partial charge in [0.1, 0.15) is 6.33 Å². The highest BCUT2D eigenvalue weighted by molar-refractivity contribution is 6.35. The predicted molar refractivity (Wildman–Crippen MR) is 103 cm³/mol. The maximum Gasteiger partial charge on any atom is 0.353 e. The van der Waals surface area contributed by atoms with Gasteiger partial charge in [-0.25, -0.2) is 9.97 Å². The van der Waals surface area contributed by atoms with Gasteiger partial charge in [-0.15, -0.1) is 0 Å².